The van der Waals surface area contributed by atoms with Crippen LogP contribution in [0.2, 0.25) is 0 Å². The van der Waals surface area contributed by atoms with Crippen LogP contribution in [-0.2, 0) is 13.0 Å². The third-order valence-corrected chi connectivity index (χ3v) is 2.77. The normalized spacial score (nSPS) is 10.5. The van der Waals surface area contributed by atoms with E-state index in [4.69, 9.17) is 0 Å². The summed E-state index contributed by atoms with van der Waals surface area (Å²) in [5.41, 5.74) is 2.43. The monoisotopic (exact) mass is 230 g/mol. The predicted octanol–water partition coefficient (Wildman–Crippen LogP) is 2.26. The Morgan fingerprint density at radius 1 is 1.24 bits per heavy atom. The van der Waals surface area contributed by atoms with Crippen molar-refractivity contribution >= 4 is 5.69 Å². The molecule has 0 unspecified atom stereocenters. The van der Waals surface area contributed by atoms with Gasteiger partial charge in [-0.1, -0.05) is 17.7 Å². The van der Waals surface area contributed by atoms with Crippen molar-refractivity contribution in [2.45, 2.75) is 26.8 Å². The molecule has 0 spiro atoms. The van der Waals surface area contributed by atoms with E-state index in [0.29, 0.717) is 0 Å². The van der Waals surface area contributed by atoms with Crippen LogP contribution in [0.1, 0.15) is 18.3 Å². The van der Waals surface area contributed by atoms with Gasteiger partial charge in [0.1, 0.15) is 12.2 Å². The van der Waals surface area contributed by atoms with Crippen LogP contribution in [0.5, 0.6) is 0 Å². The number of rotatable bonds is 5. The second-order valence-electron chi connectivity index (χ2n) is 4.08. The van der Waals surface area contributed by atoms with E-state index in [1.807, 2.05) is 0 Å². The van der Waals surface area contributed by atoms with Gasteiger partial charge in [-0.05, 0) is 26.0 Å². The number of aromatic nitrogens is 3. The lowest BCUT2D eigenvalue weighted by molar-refractivity contribution is 0.698. The van der Waals surface area contributed by atoms with Gasteiger partial charge in [0.2, 0.25) is 0 Å². The highest BCUT2D eigenvalue weighted by atomic mass is 15.3. The smallest absolute Gasteiger partial charge is 0.134 e. The summed E-state index contributed by atoms with van der Waals surface area (Å²) >= 11 is 0. The number of benzene rings is 1. The maximum absolute atomic E-state index is 4.11. The summed E-state index contributed by atoms with van der Waals surface area (Å²) in [6.07, 6.45) is 2.67. The first-order chi connectivity index (χ1) is 8.29. The molecule has 2 aromatic rings. The lowest BCUT2D eigenvalue weighted by Gasteiger charge is -2.07. The third-order valence-electron chi connectivity index (χ3n) is 2.77. The minimum atomic E-state index is 0.877. The SMILES string of the molecule is CCn1cnnc1CCNc1ccc(C)cc1. The van der Waals surface area contributed by atoms with Gasteiger partial charge in [-0.25, -0.2) is 0 Å². The molecular weight excluding hydrogens is 212 g/mol. The molecule has 2 rings (SSSR count). The molecule has 0 aliphatic carbocycles. The minimum Gasteiger partial charge on any atom is -0.385 e. The van der Waals surface area contributed by atoms with E-state index in [9.17, 15) is 0 Å². The minimum absolute atomic E-state index is 0.877. The molecule has 0 bridgehead atoms. The molecule has 0 aliphatic rings. The van der Waals surface area contributed by atoms with Gasteiger partial charge >= 0.3 is 0 Å². The van der Waals surface area contributed by atoms with Crippen molar-refractivity contribution in [2.75, 3.05) is 11.9 Å². The fourth-order valence-electron chi connectivity index (χ4n) is 1.73. The van der Waals surface area contributed by atoms with E-state index in [1.54, 1.807) is 6.33 Å². The standard InChI is InChI=1S/C13H18N4/c1-3-17-10-15-16-13(17)8-9-14-12-6-4-11(2)5-7-12/h4-7,10,14H,3,8-9H2,1-2H3. The first-order valence-corrected chi connectivity index (χ1v) is 5.97. The topological polar surface area (TPSA) is 42.7 Å². The second kappa shape index (κ2) is 5.48. The maximum Gasteiger partial charge on any atom is 0.134 e. The number of nitrogens with zero attached hydrogens (tertiary/aromatic N) is 3. The fourth-order valence-corrected chi connectivity index (χ4v) is 1.73. The molecule has 0 fully saturated rings. The molecule has 1 aromatic heterocycles. The van der Waals surface area contributed by atoms with E-state index in [0.717, 1.165) is 31.0 Å². The summed E-state index contributed by atoms with van der Waals surface area (Å²) in [6, 6.07) is 8.41. The summed E-state index contributed by atoms with van der Waals surface area (Å²) in [4.78, 5) is 0. The molecule has 90 valence electrons. The third kappa shape index (κ3) is 3.06. The van der Waals surface area contributed by atoms with E-state index in [2.05, 4.69) is 58.2 Å². The molecular formula is C13H18N4. The molecule has 4 heteroatoms. The Labute approximate surface area is 102 Å². The Bertz CT molecular complexity index is 459. The predicted molar refractivity (Wildman–Crippen MR) is 69.1 cm³/mol. The lowest BCUT2D eigenvalue weighted by Crippen LogP contribution is -2.09. The zero-order valence-corrected chi connectivity index (χ0v) is 10.3. The number of aryl methyl sites for hydroxylation is 2. The zero-order chi connectivity index (χ0) is 12.1. The van der Waals surface area contributed by atoms with Crippen molar-refractivity contribution in [1.29, 1.82) is 0 Å². The van der Waals surface area contributed by atoms with Gasteiger partial charge in [0, 0.05) is 25.2 Å². The summed E-state index contributed by atoms with van der Waals surface area (Å²) in [5, 5.41) is 11.4. The summed E-state index contributed by atoms with van der Waals surface area (Å²) in [5.74, 6) is 1.03. The first kappa shape index (κ1) is 11.6. The van der Waals surface area contributed by atoms with Crippen LogP contribution >= 0.6 is 0 Å². The Hall–Kier alpha value is -1.84. The summed E-state index contributed by atoms with van der Waals surface area (Å²) < 4.78 is 2.07. The summed E-state index contributed by atoms with van der Waals surface area (Å²) in [7, 11) is 0. The average molecular weight is 230 g/mol. The van der Waals surface area contributed by atoms with E-state index >= 15 is 0 Å². The fraction of sp³-hybridized carbons (Fsp3) is 0.385. The van der Waals surface area contributed by atoms with Gasteiger partial charge in [0.15, 0.2) is 0 Å². The Balaban J connectivity index is 1.85. The van der Waals surface area contributed by atoms with Gasteiger partial charge < -0.3 is 9.88 Å². The Kier molecular flexibility index (Phi) is 3.75. The van der Waals surface area contributed by atoms with Crippen LogP contribution in [0, 0.1) is 6.92 Å². The molecule has 0 atom stereocenters. The molecule has 0 radical (unpaired) electrons. The summed E-state index contributed by atoms with van der Waals surface area (Å²) in [6.45, 7) is 5.99. The molecule has 1 aromatic carbocycles. The Morgan fingerprint density at radius 3 is 2.71 bits per heavy atom. The van der Waals surface area contributed by atoms with Crippen molar-refractivity contribution in [3.8, 4) is 0 Å². The van der Waals surface area contributed by atoms with Gasteiger partial charge in [0.25, 0.3) is 0 Å². The molecule has 17 heavy (non-hydrogen) atoms. The van der Waals surface area contributed by atoms with Gasteiger partial charge in [-0.3, -0.25) is 0 Å². The molecule has 1 heterocycles. The molecule has 0 saturated heterocycles. The molecule has 0 amide bonds. The zero-order valence-electron chi connectivity index (χ0n) is 10.3. The van der Waals surface area contributed by atoms with Crippen LogP contribution in [-0.4, -0.2) is 21.3 Å². The van der Waals surface area contributed by atoms with Crippen LogP contribution in [0.3, 0.4) is 0 Å². The van der Waals surface area contributed by atoms with Gasteiger partial charge in [-0.2, -0.15) is 0 Å². The average Bonchev–Trinajstić information content (AvgIpc) is 2.79. The van der Waals surface area contributed by atoms with Crippen molar-refractivity contribution in [1.82, 2.24) is 14.8 Å². The van der Waals surface area contributed by atoms with Crippen LogP contribution < -0.4 is 5.32 Å². The van der Waals surface area contributed by atoms with E-state index in [-0.39, 0.29) is 0 Å². The largest absolute Gasteiger partial charge is 0.385 e. The van der Waals surface area contributed by atoms with Crippen LogP contribution in [0.4, 0.5) is 5.69 Å². The van der Waals surface area contributed by atoms with Crippen molar-refractivity contribution in [3.05, 3.63) is 42.0 Å². The highest BCUT2D eigenvalue weighted by Crippen LogP contribution is 2.08. The van der Waals surface area contributed by atoms with Crippen molar-refractivity contribution in [2.24, 2.45) is 0 Å². The Morgan fingerprint density at radius 2 is 2.00 bits per heavy atom. The molecule has 0 aliphatic heterocycles. The number of anilines is 1. The van der Waals surface area contributed by atoms with E-state index in [1.165, 1.54) is 5.56 Å². The molecule has 4 nitrogen and oxygen atoms in total. The van der Waals surface area contributed by atoms with Crippen molar-refractivity contribution in [3.63, 3.8) is 0 Å². The van der Waals surface area contributed by atoms with Crippen LogP contribution in [0.25, 0.3) is 0 Å². The quantitative estimate of drug-likeness (QED) is 0.856. The first-order valence-electron chi connectivity index (χ1n) is 5.97. The number of nitrogens with one attached hydrogen (secondary N) is 1. The highest BCUT2D eigenvalue weighted by molar-refractivity contribution is 5.44. The lowest BCUT2D eigenvalue weighted by atomic mass is 10.2. The maximum atomic E-state index is 4.11. The molecule has 1 N–H and O–H groups in total. The van der Waals surface area contributed by atoms with E-state index < -0.39 is 0 Å². The number of hydrogen-bond acceptors (Lipinski definition) is 3. The van der Waals surface area contributed by atoms with Gasteiger partial charge in [-0.15, -0.1) is 10.2 Å². The van der Waals surface area contributed by atoms with Crippen LogP contribution in [0.15, 0.2) is 30.6 Å². The van der Waals surface area contributed by atoms with Crippen molar-refractivity contribution < 1.29 is 0 Å². The van der Waals surface area contributed by atoms with Gasteiger partial charge in [0.05, 0.1) is 0 Å². The number of hydrogen-bond donors (Lipinski definition) is 1. The molecule has 0 saturated carbocycles. The highest BCUT2D eigenvalue weighted by Gasteiger charge is 2.01. The second-order valence-corrected chi connectivity index (χ2v) is 4.08.